The number of hydrogen-bond donors (Lipinski definition) is 2. The van der Waals surface area contributed by atoms with Crippen LogP contribution in [0.4, 0.5) is 4.79 Å². The van der Waals surface area contributed by atoms with Crippen molar-refractivity contribution in [3.8, 4) is 0 Å². The van der Waals surface area contributed by atoms with Gasteiger partial charge < -0.3 is 24.8 Å². The summed E-state index contributed by atoms with van der Waals surface area (Å²) in [6.45, 7) is 6.04. The molecule has 0 saturated carbocycles. The molecule has 2 N–H and O–H groups in total. The number of ether oxygens (including phenoxy) is 1. The molecule has 1 aliphatic heterocycles. The fourth-order valence-corrected chi connectivity index (χ4v) is 4.50. The van der Waals surface area contributed by atoms with Crippen LogP contribution in [-0.2, 0) is 27.4 Å². The second kappa shape index (κ2) is 11.7. The summed E-state index contributed by atoms with van der Waals surface area (Å²) in [7, 11) is 0. The van der Waals surface area contributed by atoms with Gasteiger partial charge in [-0.25, -0.2) is 4.79 Å². The first kappa shape index (κ1) is 25.3. The molecule has 36 heavy (non-hydrogen) atoms. The van der Waals surface area contributed by atoms with Crippen LogP contribution in [0.2, 0.25) is 0 Å². The van der Waals surface area contributed by atoms with Crippen molar-refractivity contribution in [1.82, 2.24) is 20.1 Å². The third-order valence-corrected chi connectivity index (χ3v) is 6.43. The summed E-state index contributed by atoms with van der Waals surface area (Å²) in [4.78, 5) is 45.5. The predicted octanol–water partition coefficient (Wildman–Crippen LogP) is 3.72. The monoisotopic (exact) mass is 490 g/mol. The molecule has 1 aliphatic rings. The number of aromatic nitrogens is 1. The number of amides is 3. The summed E-state index contributed by atoms with van der Waals surface area (Å²) in [5.74, 6) is 0.242. The highest BCUT2D eigenvalue weighted by Gasteiger charge is 2.31. The van der Waals surface area contributed by atoms with Crippen molar-refractivity contribution in [2.45, 2.75) is 39.3 Å². The molecule has 190 valence electrons. The van der Waals surface area contributed by atoms with E-state index in [0.717, 1.165) is 22.0 Å². The molecule has 8 heteroatoms. The van der Waals surface area contributed by atoms with Crippen LogP contribution in [0.25, 0.3) is 10.9 Å². The molecule has 0 bridgehead atoms. The first-order valence-corrected chi connectivity index (χ1v) is 12.5. The zero-order chi connectivity index (χ0) is 25.5. The lowest BCUT2D eigenvalue weighted by atomic mass is 10.0. The normalized spacial score (nSPS) is 14.6. The van der Waals surface area contributed by atoms with Crippen molar-refractivity contribution in [1.29, 1.82) is 0 Å². The van der Waals surface area contributed by atoms with E-state index in [9.17, 15) is 14.4 Å². The quantitative estimate of drug-likeness (QED) is 0.503. The number of H-pyrrole nitrogens is 1. The van der Waals surface area contributed by atoms with E-state index in [1.165, 1.54) is 0 Å². The Labute approximate surface area is 211 Å². The largest absolute Gasteiger partial charge is 0.445 e. The number of nitrogens with zero attached hydrogens (tertiary/aromatic N) is 2. The van der Waals surface area contributed by atoms with E-state index in [-0.39, 0.29) is 18.4 Å². The summed E-state index contributed by atoms with van der Waals surface area (Å²) in [5, 5.41) is 3.81. The van der Waals surface area contributed by atoms with Crippen LogP contribution >= 0.6 is 0 Å². The Hall–Kier alpha value is -3.81. The van der Waals surface area contributed by atoms with Crippen molar-refractivity contribution in [2.75, 3.05) is 26.2 Å². The van der Waals surface area contributed by atoms with Crippen molar-refractivity contribution >= 4 is 28.8 Å². The Kier molecular flexibility index (Phi) is 8.25. The summed E-state index contributed by atoms with van der Waals surface area (Å²) >= 11 is 0. The average Bonchev–Trinajstić information content (AvgIpc) is 3.30. The summed E-state index contributed by atoms with van der Waals surface area (Å²) in [6.07, 6.45) is 2.08. The van der Waals surface area contributed by atoms with Gasteiger partial charge in [0.1, 0.15) is 12.6 Å². The van der Waals surface area contributed by atoms with E-state index in [1.807, 2.05) is 79.5 Å². The molecule has 0 radical (unpaired) electrons. The number of carbonyl (C=O) groups excluding carboxylic acids is 3. The van der Waals surface area contributed by atoms with Crippen LogP contribution < -0.4 is 5.32 Å². The number of alkyl carbamates (subject to hydrolysis) is 1. The Morgan fingerprint density at radius 1 is 0.944 bits per heavy atom. The minimum atomic E-state index is -0.787. The van der Waals surface area contributed by atoms with E-state index >= 15 is 0 Å². The summed E-state index contributed by atoms with van der Waals surface area (Å²) in [6, 6.07) is 16.5. The van der Waals surface area contributed by atoms with Gasteiger partial charge >= 0.3 is 6.09 Å². The topological polar surface area (TPSA) is 94.7 Å². The smallest absolute Gasteiger partial charge is 0.408 e. The zero-order valence-electron chi connectivity index (χ0n) is 20.9. The maximum absolute atomic E-state index is 13.6. The van der Waals surface area contributed by atoms with Crippen molar-refractivity contribution in [3.63, 3.8) is 0 Å². The lowest BCUT2D eigenvalue weighted by Crippen LogP contribution is -2.56. The summed E-state index contributed by atoms with van der Waals surface area (Å²) < 4.78 is 5.41. The Morgan fingerprint density at radius 3 is 2.33 bits per heavy atom. The highest BCUT2D eigenvalue weighted by molar-refractivity contribution is 5.88. The predicted molar refractivity (Wildman–Crippen MR) is 138 cm³/mol. The molecule has 1 saturated heterocycles. The number of para-hydroxylation sites is 1. The van der Waals surface area contributed by atoms with Gasteiger partial charge in [-0.3, -0.25) is 9.59 Å². The standard InChI is InChI=1S/C28H34N4O4/c1-20(2)16-26(33)31-12-14-32(15-13-31)27(34)25(17-22-18-29-24-11-7-6-10-23(22)24)30-28(35)36-19-21-8-4-3-5-9-21/h3-11,18,20,25,29H,12-17,19H2,1-2H3,(H,30,35)/t25-/m0/s1. The minimum Gasteiger partial charge on any atom is -0.445 e. The highest BCUT2D eigenvalue weighted by atomic mass is 16.5. The van der Waals surface area contributed by atoms with Gasteiger partial charge in [0.25, 0.3) is 0 Å². The van der Waals surface area contributed by atoms with Gasteiger partial charge in [-0.05, 0) is 23.1 Å². The molecule has 2 heterocycles. The van der Waals surface area contributed by atoms with E-state index in [0.29, 0.717) is 44.9 Å². The van der Waals surface area contributed by atoms with Crippen molar-refractivity contribution in [2.24, 2.45) is 5.92 Å². The molecule has 8 nitrogen and oxygen atoms in total. The molecule has 3 amide bonds. The van der Waals surface area contributed by atoms with Gasteiger partial charge in [0, 0.05) is 56.1 Å². The fourth-order valence-electron chi connectivity index (χ4n) is 4.50. The van der Waals surface area contributed by atoms with Gasteiger partial charge in [0.05, 0.1) is 0 Å². The first-order chi connectivity index (χ1) is 17.4. The van der Waals surface area contributed by atoms with Gasteiger partial charge in [-0.15, -0.1) is 0 Å². The maximum Gasteiger partial charge on any atom is 0.408 e. The molecule has 0 unspecified atom stereocenters. The van der Waals surface area contributed by atoms with E-state index in [1.54, 1.807) is 4.90 Å². The second-order valence-electron chi connectivity index (χ2n) is 9.63. The van der Waals surface area contributed by atoms with Crippen LogP contribution in [0.5, 0.6) is 0 Å². The van der Waals surface area contributed by atoms with Gasteiger partial charge in [-0.2, -0.15) is 0 Å². The highest BCUT2D eigenvalue weighted by Crippen LogP contribution is 2.20. The maximum atomic E-state index is 13.6. The first-order valence-electron chi connectivity index (χ1n) is 12.5. The molecule has 2 aromatic carbocycles. The number of rotatable bonds is 8. The molecule has 0 spiro atoms. The number of fused-ring (bicyclic) bond motifs is 1. The van der Waals surface area contributed by atoms with Crippen LogP contribution in [0, 0.1) is 5.92 Å². The summed E-state index contributed by atoms with van der Waals surface area (Å²) in [5.41, 5.74) is 2.79. The molecular formula is C28H34N4O4. The third-order valence-electron chi connectivity index (χ3n) is 6.43. The van der Waals surface area contributed by atoms with E-state index < -0.39 is 12.1 Å². The number of nitrogens with one attached hydrogen (secondary N) is 2. The Balaban J connectivity index is 1.44. The fraction of sp³-hybridized carbons (Fsp3) is 0.393. The van der Waals surface area contributed by atoms with Crippen molar-refractivity contribution in [3.05, 3.63) is 71.9 Å². The second-order valence-corrected chi connectivity index (χ2v) is 9.63. The zero-order valence-corrected chi connectivity index (χ0v) is 20.9. The Bertz CT molecular complexity index is 1180. The Morgan fingerprint density at radius 2 is 1.61 bits per heavy atom. The molecule has 0 aliphatic carbocycles. The number of carbonyl (C=O) groups is 3. The SMILES string of the molecule is CC(C)CC(=O)N1CCN(C(=O)[C@H](Cc2c[nH]c3ccccc23)NC(=O)OCc2ccccc2)CC1. The third kappa shape index (κ3) is 6.44. The van der Waals surface area contributed by atoms with E-state index in [2.05, 4.69) is 10.3 Å². The molecule has 1 aromatic heterocycles. The number of piperazine rings is 1. The molecule has 1 fully saturated rings. The molecule has 4 rings (SSSR count). The lowest BCUT2D eigenvalue weighted by molar-refractivity contribution is -0.141. The van der Waals surface area contributed by atoms with Crippen LogP contribution in [0.15, 0.2) is 60.8 Å². The van der Waals surface area contributed by atoms with Gasteiger partial charge in [0.15, 0.2) is 0 Å². The minimum absolute atomic E-state index is 0.120. The molecule has 3 aromatic rings. The van der Waals surface area contributed by atoms with Crippen LogP contribution in [0.3, 0.4) is 0 Å². The van der Waals surface area contributed by atoms with Gasteiger partial charge in [0.2, 0.25) is 11.8 Å². The number of aromatic amines is 1. The molecule has 1 atom stereocenters. The van der Waals surface area contributed by atoms with Crippen LogP contribution in [-0.4, -0.2) is 64.9 Å². The van der Waals surface area contributed by atoms with Crippen LogP contribution in [0.1, 0.15) is 31.4 Å². The average molecular weight is 491 g/mol. The van der Waals surface area contributed by atoms with E-state index in [4.69, 9.17) is 4.74 Å². The molecular weight excluding hydrogens is 456 g/mol. The van der Waals surface area contributed by atoms with Crippen molar-refractivity contribution < 1.29 is 19.1 Å². The number of hydrogen-bond acceptors (Lipinski definition) is 4. The van der Waals surface area contributed by atoms with Gasteiger partial charge in [-0.1, -0.05) is 62.4 Å². The lowest BCUT2D eigenvalue weighted by Gasteiger charge is -2.36. The number of benzene rings is 2.